The largest absolute Gasteiger partial charge is 0.490 e. The number of likely N-dealkylation sites (N-methyl/N-ethyl adjacent to an activating group) is 1. The van der Waals surface area contributed by atoms with Crippen molar-refractivity contribution in [1.29, 1.82) is 0 Å². The van der Waals surface area contributed by atoms with Gasteiger partial charge in [-0.25, -0.2) is 12.8 Å². The highest BCUT2D eigenvalue weighted by atomic mass is 32.2. The van der Waals surface area contributed by atoms with Gasteiger partial charge in [0, 0.05) is 50.2 Å². The Kier molecular flexibility index (Phi) is 12.5. The molecule has 2 aromatic carbocycles. The van der Waals surface area contributed by atoms with Crippen LogP contribution in [0.4, 0.5) is 10.1 Å². The number of aromatic nitrogens is 1. The summed E-state index contributed by atoms with van der Waals surface area (Å²) in [4.78, 5) is 22.1. The van der Waals surface area contributed by atoms with Crippen molar-refractivity contribution in [2.75, 3.05) is 38.1 Å². The van der Waals surface area contributed by atoms with Gasteiger partial charge in [-0.2, -0.15) is 0 Å². The molecule has 4 atom stereocenters. The summed E-state index contributed by atoms with van der Waals surface area (Å²) in [6.45, 7) is 7.66. The number of nitrogens with zero attached hydrogens (tertiary/aromatic N) is 3. The molecule has 0 fully saturated rings. The second-order valence-electron chi connectivity index (χ2n) is 12.1. The molecule has 2 heterocycles. The van der Waals surface area contributed by atoms with Crippen LogP contribution in [0, 0.1) is 11.7 Å². The molecule has 3 aromatic rings. The van der Waals surface area contributed by atoms with E-state index in [9.17, 15) is 22.7 Å². The Labute approximate surface area is 271 Å². The van der Waals surface area contributed by atoms with Crippen molar-refractivity contribution in [2.45, 2.75) is 69.7 Å². The van der Waals surface area contributed by atoms with E-state index in [4.69, 9.17) is 9.47 Å². The quantitative estimate of drug-likeness (QED) is 0.332. The summed E-state index contributed by atoms with van der Waals surface area (Å²) >= 11 is 0. The Morgan fingerprint density at radius 1 is 1.11 bits per heavy atom. The fourth-order valence-corrected chi connectivity index (χ4v) is 6.50. The first-order chi connectivity index (χ1) is 22.0. The molecule has 0 saturated carbocycles. The van der Waals surface area contributed by atoms with Gasteiger partial charge < -0.3 is 19.5 Å². The van der Waals surface area contributed by atoms with Crippen LogP contribution in [-0.2, 0) is 21.3 Å². The van der Waals surface area contributed by atoms with Gasteiger partial charge in [-0.15, -0.1) is 0 Å². The smallest absolute Gasteiger partial charge is 0.261 e. The number of fused-ring (bicyclic) bond motifs is 1. The molecular weight excluding hydrogens is 611 g/mol. The van der Waals surface area contributed by atoms with E-state index in [1.54, 1.807) is 30.3 Å². The van der Waals surface area contributed by atoms with Crippen molar-refractivity contribution in [2.24, 2.45) is 5.92 Å². The Morgan fingerprint density at radius 3 is 2.52 bits per heavy atom. The molecular formula is C34H45FN4O6S. The number of ether oxygens (including phenoxy) is 2. The average molecular weight is 657 g/mol. The summed E-state index contributed by atoms with van der Waals surface area (Å²) in [5, 5.41) is 10.2. The minimum absolute atomic E-state index is 0.107. The van der Waals surface area contributed by atoms with E-state index in [0.717, 1.165) is 37.0 Å². The van der Waals surface area contributed by atoms with Gasteiger partial charge in [0.15, 0.2) is 0 Å². The molecule has 1 aliphatic heterocycles. The van der Waals surface area contributed by atoms with Crippen LogP contribution in [0.1, 0.15) is 56.0 Å². The predicted molar refractivity (Wildman–Crippen MR) is 175 cm³/mol. The van der Waals surface area contributed by atoms with Crippen LogP contribution >= 0.6 is 0 Å². The van der Waals surface area contributed by atoms with E-state index in [1.807, 2.05) is 33.0 Å². The molecule has 0 bridgehead atoms. The molecule has 10 nitrogen and oxygen atoms in total. The van der Waals surface area contributed by atoms with E-state index in [2.05, 4.69) is 14.6 Å². The highest BCUT2D eigenvalue weighted by Gasteiger charge is 2.30. The predicted octanol–water partition coefficient (Wildman–Crippen LogP) is 4.95. The topological polar surface area (TPSA) is 121 Å². The molecule has 2 N–H and O–H groups in total. The van der Waals surface area contributed by atoms with Crippen LogP contribution in [0.15, 0.2) is 71.9 Å². The van der Waals surface area contributed by atoms with E-state index in [1.165, 1.54) is 24.3 Å². The zero-order valence-corrected chi connectivity index (χ0v) is 27.7. The third kappa shape index (κ3) is 9.71. The first-order valence-electron chi connectivity index (χ1n) is 15.7. The number of carbonyl (C=O) groups is 1. The molecule has 0 aliphatic carbocycles. The van der Waals surface area contributed by atoms with Gasteiger partial charge in [0.1, 0.15) is 11.6 Å². The normalized spacial score (nSPS) is 20.8. The number of aliphatic hydroxyl groups excluding tert-OH is 1. The monoisotopic (exact) mass is 656 g/mol. The standard InChI is InChI=1S/C34H45FN4O6S/c1-24-20-39(25(2)23-40)34(41)31-19-29(37-46(42,43)30-11-8-28(35)9-12-30)10-13-32(31)45-26(3)7-5-6-18-44-33(24)22-38(4)21-27-14-16-36-17-15-27/h8-17,19,24-26,33,37,40H,5-7,18,20-23H2,1-4H3/t24-,25-,26-,33-/m1/s1. The van der Waals surface area contributed by atoms with Crippen molar-refractivity contribution >= 4 is 21.6 Å². The molecule has 0 radical (unpaired) electrons. The summed E-state index contributed by atoms with van der Waals surface area (Å²) in [5.41, 5.74) is 1.45. The number of sulfonamides is 1. The van der Waals surface area contributed by atoms with Gasteiger partial charge >= 0.3 is 0 Å². The highest BCUT2D eigenvalue weighted by Crippen LogP contribution is 2.29. The SMILES string of the molecule is C[C@@H]1CCCCO[C@H](CN(C)Cc2ccncc2)[C@H](C)CN([C@H](C)CO)C(=O)c2cc(NS(=O)(=O)c3ccc(F)cc3)ccc2O1. The summed E-state index contributed by atoms with van der Waals surface area (Å²) in [6.07, 6.45) is 5.56. The Morgan fingerprint density at radius 2 is 1.83 bits per heavy atom. The lowest BCUT2D eigenvalue weighted by atomic mass is 10.0. The lowest BCUT2D eigenvalue weighted by molar-refractivity contribution is -0.0177. The number of amides is 1. The van der Waals surface area contributed by atoms with Gasteiger partial charge in [-0.3, -0.25) is 19.4 Å². The lowest BCUT2D eigenvalue weighted by Gasteiger charge is -2.36. The maximum atomic E-state index is 14.3. The molecule has 46 heavy (non-hydrogen) atoms. The maximum Gasteiger partial charge on any atom is 0.261 e. The highest BCUT2D eigenvalue weighted by molar-refractivity contribution is 7.92. The number of hydrogen-bond acceptors (Lipinski definition) is 8. The number of carbonyl (C=O) groups excluding carboxylic acids is 1. The van der Waals surface area contributed by atoms with Crippen LogP contribution in [0.3, 0.4) is 0 Å². The number of benzene rings is 2. The zero-order chi connectivity index (χ0) is 33.3. The maximum absolute atomic E-state index is 14.3. The molecule has 12 heteroatoms. The molecule has 4 rings (SSSR count). The van der Waals surface area contributed by atoms with E-state index in [-0.39, 0.29) is 47.4 Å². The van der Waals surface area contributed by atoms with E-state index >= 15 is 0 Å². The fraction of sp³-hybridized carbons (Fsp3) is 0.471. The average Bonchev–Trinajstić information content (AvgIpc) is 3.03. The molecule has 1 amide bonds. The number of nitrogens with one attached hydrogen (secondary N) is 1. The number of hydrogen-bond donors (Lipinski definition) is 2. The van der Waals surface area contributed by atoms with E-state index in [0.29, 0.717) is 25.4 Å². The van der Waals surface area contributed by atoms with Crippen molar-refractivity contribution in [3.8, 4) is 5.75 Å². The third-order valence-corrected chi connectivity index (χ3v) is 9.52. The van der Waals surface area contributed by atoms with Crippen molar-refractivity contribution in [3.63, 3.8) is 0 Å². The molecule has 250 valence electrons. The summed E-state index contributed by atoms with van der Waals surface area (Å²) < 4.78 is 54.8. The van der Waals surface area contributed by atoms with Gasteiger partial charge in [-0.1, -0.05) is 6.92 Å². The Balaban J connectivity index is 1.64. The van der Waals surface area contributed by atoms with Crippen LogP contribution in [0.25, 0.3) is 0 Å². The fourth-order valence-electron chi connectivity index (χ4n) is 5.45. The van der Waals surface area contributed by atoms with Gasteiger partial charge in [0.05, 0.1) is 35.3 Å². The zero-order valence-electron chi connectivity index (χ0n) is 26.9. The van der Waals surface area contributed by atoms with Gasteiger partial charge in [0.25, 0.3) is 15.9 Å². The molecule has 0 spiro atoms. The minimum Gasteiger partial charge on any atom is -0.490 e. The summed E-state index contributed by atoms with van der Waals surface area (Å²) in [6, 6.07) is 12.5. The minimum atomic E-state index is -4.07. The van der Waals surface area contributed by atoms with Crippen molar-refractivity contribution < 1.29 is 32.2 Å². The lowest BCUT2D eigenvalue weighted by Crippen LogP contribution is -2.47. The summed E-state index contributed by atoms with van der Waals surface area (Å²) in [5.74, 6) is -0.738. The number of aliphatic hydroxyl groups is 1. The van der Waals surface area contributed by atoms with Crippen molar-refractivity contribution in [3.05, 3.63) is 83.9 Å². The molecule has 1 aliphatic rings. The third-order valence-electron chi connectivity index (χ3n) is 8.12. The number of rotatable bonds is 9. The Bertz CT molecular complexity index is 1530. The first kappa shape index (κ1) is 35.3. The molecule has 0 saturated heterocycles. The number of pyridine rings is 1. The van der Waals surface area contributed by atoms with Crippen LogP contribution in [0.2, 0.25) is 0 Å². The summed E-state index contributed by atoms with van der Waals surface area (Å²) in [7, 11) is -2.03. The first-order valence-corrected chi connectivity index (χ1v) is 17.1. The second-order valence-corrected chi connectivity index (χ2v) is 13.8. The van der Waals surface area contributed by atoms with Gasteiger partial charge in [0.2, 0.25) is 0 Å². The van der Waals surface area contributed by atoms with Gasteiger partial charge in [-0.05, 0) is 100 Å². The van der Waals surface area contributed by atoms with Crippen LogP contribution < -0.4 is 9.46 Å². The number of anilines is 1. The van der Waals surface area contributed by atoms with Crippen LogP contribution in [-0.4, -0.2) is 85.8 Å². The van der Waals surface area contributed by atoms with Crippen molar-refractivity contribution in [1.82, 2.24) is 14.8 Å². The second kappa shape index (κ2) is 16.3. The molecule has 0 unspecified atom stereocenters. The Hall–Kier alpha value is -3.58. The van der Waals surface area contributed by atoms with E-state index < -0.39 is 27.8 Å². The number of halogens is 1. The van der Waals surface area contributed by atoms with Crippen LogP contribution in [0.5, 0.6) is 5.75 Å². The molecule has 1 aromatic heterocycles.